The van der Waals surface area contributed by atoms with Crippen molar-refractivity contribution in [3.05, 3.63) is 89.7 Å². The van der Waals surface area contributed by atoms with Crippen LogP contribution in [-0.4, -0.2) is 110 Å². The largest absolute Gasteiger partial charge is 0.494 e. The molecule has 1 aliphatic heterocycles. The number of carboxylic acid groups (broad SMARTS) is 1. The molecule has 1 saturated heterocycles. The molecule has 0 unspecified atom stereocenters. The van der Waals surface area contributed by atoms with E-state index in [1.807, 2.05) is 49.4 Å². The second-order valence-electron chi connectivity index (χ2n) is 14.0. The summed E-state index contributed by atoms with van der Waals surface area (Å²) >= 11 is 0. The second-order valence-corrected chi connectivity index (χ2v) is 14.0. The number of pyridine rings is 1. The van der Waals surface area contributed by atoms with Crippen LogP contribution in [0.5, 0.6) is 5.75 Å². The molecular formula is C42H59N7O7. The van der Waals surface area contributed by atoms with Gasteiger partial charge in [0.25, 0.3) is 5.91 Å². The Morgan fingerprint density at radius 2 is 1.52 bits per heavy atom. The first-order chi connectivity index (χ1) is 27.1. The molecule has 1 atom stereocenters. The van der Waals surface area contributed by atoms with Crippen LogP contribution in [0.15, 0.2) is 78.0 Å². The van der Waals surface area contributed by atoms with E-state index in [4.69, 9.17) is 35.2 Å². The molecule has 56 heavy (non-hydrogen) atoms. The number of aromatic nitrogens is 1. The molecule has 14 heteroatoms. The van der Waals surface area contributed by atoms with Crippen molar-refractivity contribution in [3.63, 3.8) is 0 Å². The Labute approximate surface area is 330 Å². The van der Waals surface area contributed by atoms with E-state index < -0.39 is 11.5 Å². The molecule has 14 nitrogen and oxygen atoms in total. The van der Waals surface area contributed by atoms with E-state index in [0.29, 0.717) is 82.5 Å². The number of piperidine rings is 1. The molecule has 3 aromatic rings. The predicted molar refractivity (Wildman–Crippen MR) is 218 cm³/mol. The molecule has 6 N–H and O–H groups in total. The summed E-state index contributed by atoms with van der Waals surface area (Å²) in [5.74, 6) is 0.179. The van der Waals surface area contributed by atoms with E-state index in [-0.39, 0.29) is 24.2 Å². The highest BCUT2D eigenvalue weighted by Crippen LogP contribution is 2.28. The van der Waals surface area contributed by atoms with Gasteiger partial charge in [-0.2, -0.15) is 0 Å². The predicted octanol–water partition coefficient (Wildman–Crippen LogP) is 5.69. The van der Waals surface area contributed by atoms with Crippen molar-refractivity contribution in [2.75, 3.05) is 71.7 Å². The Balaban J connectivity index is 1.16. The number of benzene rings is 2. The number of carbonyl (C=O) groups excluding carboxylic acids is 1. The van der Waals surface area contributed by atoms with Gasteiger partial charge in [0.05, 0.1) is 44.6 Å². The van der Waals surface area contributed by atoms with Gasteiger partial charge in [-0.1, -0.05) is 24.6 Å². The number of amidine groups is 2. The molecule has 0 saturated carbocycles. The minimum atomic E-state index is -0.810. The molecule has 1 amide bonds. The molecule has 304 valence electrons. The molecule has 2 heterocycles. The number of carbonyl (C=O) groups is 2. The third-order valence-electron chi connectivity index (χ3n) is 9.61. The summed E-state index contributed by atoms with van der Waals surface area (Å²) in [7, 11) is 2.07. The Hall–Kier alpha value is -4.89. The van der Waals surface area contributed by atoms with Crippen LogP contribution in [0.1, 0.15) is 85.8 Å². The molecule has 2 aromatic carbocycles. The van der Waals surface area contributed by atoms with E-state index >= 15 is 0 Å². The highest BCUT2D eigenvalue weighted by atomic mass is 16.5. The van der Waals surface area contributed by atoms with Crippen LogP contribution >= 0.6 is 0 Å². The van der Waals surface area contributed by atoms with Crippen LogP contribution in [0.25, 0.3) is 0 Å². The van der Waals surface area contributed by atoms with Crippen LogP contribution in [0.3, 0.4) is 0 Å². The van der Waals surface area contributed by atoms with Crippen LogP contribution < -0.4 is 21.1 Å². The van der Waals surface area contributed by atoms with Gasteiger partial charge in [0.2, 0.25) is 0 Å². The van der Waals surface area contributed by atoms with Crippen molar-refractivity contribution >= 4 is 29.2 Å². The third-order valence-corrected chi connectivity index (χ3v) is 9.61. The summed E-state index contributed by atoms with van der Waals surface area (Å²) in [5.41, 5.74) is 8.83. The van der Waals surface area contributed by atoms with Gasteiger partial charge in [0.15, 0.2) is 5.84 Å². The number of aliphatic carboxylic acids is 1. The van der Waals surface area contributed by atoms with Crippen LogP contribution in [-0.2, 0) is 19.0 Å². The van der Waals surface area contributed by atoms with Gasteiger partial charge < -0.3 is 45.3 Å². The van der Waals surface area contributed by atoms with Crippen molar-refractivity contribution < 1.29 is 33.6 Å². The first-order valence-corrected chi connectivity index (χ1v) is 19.5. The quantitative estimate of drug-likeness (QED) is 0.0404. The molecule has 4 rings (SSSR count). The number of ether oxygens (including phenoxy) is 4. The van der Waals surface area contributed by atoms with Crippen LogP contribution in [0.2, 0.25) is 0 Å². The van der Waals surface area contributed by atoms with Gasteiger partial charge in [-0.25, -0.2) is 4.99 Å². The number of rotatable bonds is 25. The molecule has 0 aliphatic carbocycles. The van der Waals surface area contributed by atoms with Crippen molar-refractivity contribution in [2.45, 2.75) is 69.9 Å². The minimum Gasteiger partial charge on any atom is -0.494 e. The fourth-order valence-electron chi connectivity index (χ4n) is 6.22. The van der Waals surface area contributed by atoms with E-state index in [1.165, 1.54) is 0 Å². The monoisotopic (exact) mass is 773 g/mol. The Morgan fingerprint density at radius 1 is 0.875 bits per heavy atom. The van der Waals surface area contributed by atoms with Gasteiger partial charge in [-0.15, -0.1) is 0 Å². The molecule has 1 aromatic heterocycles. The fourth-order valence-corrected chi connectivity index (χ4v) is 6.22. The number of nitrogens with zero attached hydrogens (tertiary/aromatic N) is 3. The van der Waals surface area contributed by atoms with Crippen molar-refractivity contribution in [1.29, 1.82) is 5.41 Å². The van der Waals surface area contributed by atoms with Gasteiger partial charge in [-0.05, 0) is 101 Å². The van der Waals surface area contributed by atoms with Gasteiger partial charge in [0, 0.05) is 61.9 Å². The lowest BCUT2D eigenvalue weighted by Gasteiger charge is -2.41. The lowest BCUT2D eigenvalue weighted by Crippen LogP contribution is -2.56. The van der Waals surface area contributed by atoms with Crippen molar-refractivity contribution in [1.82, 2.24) is 15.2 Å². The zero-order valence-electron chi connectivity index (χ0n) is 32.8. The highest BCUT2D eigenvalue weighted by molar-refractivity contribution is 6.07. The number of carboxylic acids is 1. The second kappa shape index (κ2) is 23.9. The highest BCUT2D eigenvalue weighted by Gasteiger charge is 2.38. The zero-order valence-corrected chi connectivity index (χ0v) is 32.8. The number of hydrogen-bond donors (Lipinski definition) is 5. The van der Waals surface area contributed by atoms with Crippen molar-refractivity contribution in [3.8, 4) is 5.75 Å². The summed E-state index contributed by atoms with van der Waals surface area (Å²) < 4.78 is 22.5. The summed E-state index contributed by atoms with van der Waals surface area (Å²) in [6.45, 7) is 7.24. The minimum absolute atomic E-state index is 0.0757. The van der Waals surface area contributed by atoms with Crippen molar-refractivity contribution in [2.24, 2.45) is 10.7 Å². The maximum absolute atomic E-state index is 13.5. The maximum Gasteiger partial charge on any atom is 0.303 e. The number of likely N-dealkylation sites (tertiary alicyclic amines) is 1. The lowest BCUT2D eigenvalue weighted by molar-refractivity contribution is -0.137. The van der Waals surface area contributed by atoms with E-state index in [1.54, 1.807) is 30.6 Å². The number of unbranched alkanes of at least 4 members (excludes halogenated alkanes) is 3. The van der Waals surface area contributed by atoms with Crippen LogP contribution in [0, 0.1) is 5.41 Å². The average Bonchev–Trinajstić information content (AvgIpc) is 3.20. The normalized spacial score (nSPS) is 14.9. The van der Waals surface area contributed by atoms with Gasteiger partial charge in [0.1, 0.15) is 11.6 Å². The number of anilines is 1. The summed E-state index contributed by atoms with van der Waals surface area (Å²) in [4.78, 5) is 34.7. The summed E-state index contributed by atoms with van der Waals surface area (Å²) in [6, 6.07) is 18.4. The standard InChI is InChI=1S/C42H59N7O7/c1-32(34-10-8-13-37(31-34)56-25-6-4-3-5-23-53-26-28-55-29-27-54-24-9-14-38(50)51)46-40(52)35-11-7-12-36(30-35)48-42(17-21-49(2)22-18-42)41(44)47-39(43)33-15-19-45-20-16-33/h7-8,10-13,15-16,19-20,30-32,48H,3-6,9,14,17-18,21-29H2,1-2H3,(H,46,52)(H,50,51)(H3,43,44,47)/t32-/m0/s1. The van der Waals surface area contributed by atoms with Gasteiger partial charge in [-0.3, -0.25) is 20.0 Å². The molecular weight excluding hydrogens is 715 g/mol. The van der Waals surface area contributed by atoms with E-state index in [9.17, 15) is 9.59 Å². The molecule has 0 spiro atoms. The number of amides is 1. The average molecular weight is 774 g/mol. The maximum atomic E-state index is 13.5. The lowest BCUT2D eigenvalue weighted by atomic mass is 9.85. The zero-order chi connectivity index (χ0) is 40.0. The number of nitrogens with two attached hydrogens (primary N) is 1. The Morgan fingerprint density at radius 3 is 2.21 bits per heavy atom. The first kappa shape index (κ1) is 43.8. The smallest absolute Gasteiger partial charge is 0.303 e. The summed E-state index contributed by atoms with van der Waals surface area (Å²) in [5, 5.41) is 23.9. The molecule has 1 fully saturated rings. The fraction of sp³-hybridized carbons (Fsp3) is 0.500. The molecule has 0 bridgehead atoms. The molecule has 0 radical (unpaired) electrons. The first-order valence-electron chi connectivity index (χ1n) is 19.5. The van der Waals surface area contributed by atoms with Crippen LogP contribution in [0.4, 0.5) is 5.69 Å². The number of nitrogens with one attached hydrogen (secondary N) is 3. The number of aliphatic imine (C=N–C) groups is 1. The third kappa shape index (κ3) is 15.3. The molecule has 1 aliphatic rings. The van der Waals surface area contributed by atoms with E-state index in [0.717, 1.165) is 55.8 Å². The number of hydrogen-bond acceptors (Lipinski definition) is 10. The topological polar surface area (TPSA) is 194 Å². The van der Waals surface area contributed by atoms with E-state index in [2.05, 4.69) is 32.6 Å². The Kier molecular flexibility index (Phi) is 18.7. The Bertz CT molecular complexity index is 1680. The summed E-state index contributed by atoms with van der Waals surface area (Å²) in [6.07, 6.45) is 9.25. The SMILES string of the molecule is C[C@H](NC(=O)c1cccc(NC2(C(N)=NC(=N)c3ccncc3)CCN(C)CC2)c1)c1cccc(OCCCCCCOCCOCCOCCCC(=O)O)c1. The van der Waals surface area contributed by atoms with Gasteiger partial charge >= 0.3 is 5.97 Å².